The van der Waals surface area contributed by atoms with E-state index in [4.69, 9.17) is 5.73 Å². The van der Waals surface area contributed by atoms with Crippen LogP contribution in [-0.4, -0.2) is 15.9 Å². The van der Waals surface area contributed by atoms with Gasteiger partial charge < -0.3 is 16.2 Å². The molecular formula is C13H10BrN3O4. The summed E-state index contributed by atoms with van der Waals surface area (Å²) in [6, 6.07) is 8.18. The lowest BCUT2D eigenvalue weighted by Gasteiger charge is -2.08. The highest BCUT2D eigenvalue weighted by molar-refractivity contribution is 9.10. The Morgan fingerprint density at radius 2 is 2.00 bits per heavy atom. The first-order valence-corrected chi connectivity index (χ1v) is 6.51. The van der Waals surface area contributed by atoms with Crippen molar-refractivity contribution in [2.45, 2.75) is 0 Å². The second kappa shape index (κ2) is 5.80. The molecule has 0 bridgehead atoms. The summed E-state index contributed by atoms with van der Waals surface area (Å²) < 4.78 is 0.655. The third-order valence-electron chi connectivity index (χ3n) is 2.69. The third kappa shape index (κ3) is 3.29. The van der Waals surface area contributed by atoms with Crippen LogP contribution in [0, 0.1) is 10.1 Å². The fourth-order valence-corrected chi connectivity index (χ4v) is 2.05. The molecule has 0 aliphatic heterocycles. The number of nitrogens with zero attached hydrogens (tertiary/aromatic N) is 1. The Morgan fingerprint density at radius 3 is 2.67 bits per heavy atom. The molecule has 1 amide bonds. The van der Waals surface area contributed by atoms with E-state index < -0.39 is 16.5 Å². The Kier molecular flexibility index (Phi) is 4.08. The molecule has 21 heavy (non-hydrogen) atoms. The van der Waals surface area contributed by atoms with Gasteiger partial charge in [-0.25, -0.2) is 0 Å². The summed E-state index contributed by atoms with van der Waals surface area (Å²) in [4.78, 5) is 22.4. The number of rotatable bonds is 3. The first kappa shape index (κ1) is 14.8. The summed E-state index contributed by atoms with van der Waals surface area (Å²) in [5, 5.41) is 22.6. The van der Waals surface area contributed by atoms with Crippen LogP contribution in [0.4, 0.5) is 17.1 Å². The summed E-state index contributed by atoms with van der Waals surface area (Å²) in [5.74, 6) is -0.843. The molecule has 0 fully saturated rings. The minimum absolute atomic E-state index is 0.0258. The molecule has 2 aromatic carbocycles. The number of benzene rings is 2. The van der Waals surface area contributed by atoms with Gasteiger partial charge in [-0.2, -0.15) is 0 Å². The number of nitrogens with two attached hydrogens (primary N) is 1. The summed E-state index contributed by atoms with van der Waals surface area (Å²) in [6.45, 7) is 0. The Hall–Kier alpha value is -2.61. The molecule has 0 spiro atoms. The van der Waals surface area contributed by atoms with Crippen molar-refractivity contribution >= 4 is 38.9 Å². The monoisotopic (exact) mass is 351 g/mol. The van der Waals surface area contributed by atoms with E-state index in [2.05, 4.69) is 21.2 Å². The van der Waals surface area contributed by atoms with Gasteiger partial charge in [0, 0.05) is 10.2 Å². The molecule has 0 saturated heterocycles. The minimum Gasteiger partial charge on any atom is -0.508 e. The minimum atomic E-state index is -0.695. The van der Waals surface area contributed by atoms with Crippen molar-refractivity contribution < 1.29 is 14.8 Å². The van der Waals surface area contributed by atoms with E-state index in [1.54, 1.807) is 12.1 Å². The molecule has 0 heterocycles. The second-order valence-corrected chi connectivity index (χ2v) is 5.06. The van der Waals surface area contributed by atoms with E-state index in [9.17, 15) is 20.0 Å². The average Bonchev–Trinajstić information content (AvgIpc) is 2.43. The van der Waals surface area contributed by atoms with Gasteiger partial charge in [-0.1, -0.05) is 15.9 Å². The number of carbonyl (C=O) groups excluding carboxylic acids is 1. The molecule has 7 nitrogen and oxygen atoms in total. The van der Waals surface area contributed by atoms with Crippen LogP contribution in [0.15, 0.2) is 40.9 Å². The van der Waals surface area contributed by atoms with Crippen LogP contribution in [-0.2, 0) is 0 Å². The highest BCUT2D eigenvalue weighted by Gasteiger charge is 2.18. The maximum atomic E-state index is 12.1. The van der Waals surface area contributed by atoms with Gasteiger partial charge in [0.25, 0.3) is 11.6 Å². The molecule has 0 aromatic heterocycles. The number of nitrogens with one attached hydrogen (secondary N) is 1. The van der Waals surface area contributed by atoms with Gasteiger partial charge in [-0.3, -0.25) is 14.9 Å². The molecule has 0 unspecified atom stereocenters. The Balaban J connectivity index is 2.36. The average molecular weight is 352 g/mol. The highest BCUT2D eigenvalue weighted by Crippen LogP contribution is 2.29. The number of anilines is 2. The number of nitro benzene ring substituents is 1. The van der Waals surface area contributed by atoms with E-state index in [0.29, 0.717) is 4.47 Å². The molecule has 2 aromatic rings. The van der Waals surface area contributed by atoms with E-state index in [-0.39, 0.29) is 22.7 Å². The van der Waals surface area contributed by atoms with Crippen LogP contribution in [0.3, 0.4) is 0 Å². The smallest absolute Gasteiger partial charge is 0.296 e. The normalized spacial score (nSPS) is 10.1. The zero-order chi connectivity index (χ0) is 15.6. The molecule has 0 atom stereocenters. The van der Waals surface area contributed by atoms with Gasteiger partial charge in [0.15, 0.2) is 0 Å². The van der Waals surface area contributed by atoms with Gasteiger partial charge in [0.1, 0.15) is 11.4 Å². The van der Waals surface area contributed by atoms with E-state index in [1.807, 2.05) is 0 Å². The molecule has 8 heteroatoms. The molecule has 0 aliphatic rings. The summed E-state index contributed by atoms with van der Waals surface area (Å²) in [7, 11) is 0. The van der Waals surface area contributed by atoms with Crippen LogP contribution in [0.1, 0.15) is 10.4 Å². The van der Waals surface area contributed by atoms with E-state index >= 15 is 0 Å². The lowest BCUT2D eigenvalue weighted by molar-refractivity contribution is -0.384. The van der Waals surface area contributed by atoms with Gasteiger partial charge in [-0.05, 0) is 30.3 Å². The summed E-state index contributed by atoms with van der Waals surface area (Å²) in [5.41, 5.74) is 5.71. The lowest BCUT2D eigenvalue weighted by Crippen LogP contribution is -2.15. The Labute approximate surface area is 127 Å². The second-order valence-electron chi connectivity index (χ2n) is 4.14. The van der Waals surface area contributed by atoms with Crippen LogP contribution < -0.4 is 11.1 Å². The summed E-state index contributed by atoms with van der Waals surface area (Å²) in [6.07, 6.45) is 0. The molecule has 0 aliphatic carbocycles. The van der Waals surface area contributed by atoms with Crippen molar-refractivity contribution in [1.29, 1.82) is 0 Å². The third-order valence-corrected chi connectivity index (χ3v) is 3.18. The van der Waals surface area contributed by atoms with Gasteiger partial charge >= 0.3 is 0 Å². The SMILES string of the molecule is Nc1ccc(Br)cc1C(=O)Nc1ccc(O)cc1[N+](=O)[O-]. The Bertz CT molecular complexity index is 733. The van der Waals surface area contributed by atoms with Gasteiger partial charge in [-0.15, -0.1) is 0 Å². The number of hydrogen-bond donors (Lipinski definition) is 3. The lowest BCUT2D eigenvalue weighted by atomic mass is 10.1. The maximum absolute atomic E-state index is 12.1. The van der Waals surface area contributed by atoms with E-state index in [0.717, 1.165) is 6.07 Å². The van der Waals surface area contributed by atoms with E-state index in [1.165, 1.54) is 18.2 Å². The van der Waals surface area contributed by atoms with Crippen LogP contribution >= 0.6 is 15.9 Å². The number of phenolic OH excluding ortho intramolecular Hbond substituents is 1. The molecule has 0 saturated carbocycles. The van der Waals surface area contributed by atoms with Crippen molar-refractivity contribution in [3.8, 4) is 5.75 Å². The quantitative estimate of drug-likeness (QED) is 0.340. The number of aromatic hydroxyl groups is 1. The molecule has 4 N–H and O–H groups in total. The predicted octanol–water partition coefficient (Wildman–Crippen LogP) is 2.90. The first-order valence-electron chi connectivity index (χ1n) is 5.72. The zero-order valence-corrected chi connectivity index (χ0v) is 12.1. The molecule has 2 rings (SSSR count). The summed E-state index contributed by atoms with van der Waals surface area (Å²) >= 11 is 3.22. The number of nitro groups is 1. The van der Waals surface area contributed by atoms with Gasteiger partial charge in [0.2, 0.25) is 0 Å². The van der Waals surface area contributed by atoms with Crippen molar-refractivity contribution in [2.24, 2.45) is 0 Å². The number of nitrogen functional groups attached to an aromatic ring is 1. The van der Waals surface area contributed by atoms with Crippen LogP contribution in [0.25, 0.3) is 0 Å². The Morgan fingerprint density at radius 1 is 1.29 bits per heavy atom. The van der Waals surface area contributed by atoms with Gasteiger partial charge in [0.05, 0.1) is 16.6 Å². The standard InChI is InChI=1S/C13H10BrN3O4/c14-7-1-3-10(15)9(5-7)13(19)16-11-4-2-8(18)6-12(11)17(20)21/h1-6,18H,15H2,(H,16,19). The number of carbonyl (C=O) groups is 1. The van der Waals surface area contributed by atoms with Crippen LogP contribution in [0.5, 0.6) is 5.75 Å². The number of halogens is 1. The first-order chi connectivity index (χ1) is 9.88. The number of phenols is 1. The topological polar surface area (TPSA) is 118 Å². The fraction of sp³-hybridized carbons (Fsp3) is 0. The van der Waals surface area contributed by atoms with Crippen molar-refractivity contribution in [3.05, 3.63) is 56.5 Å². The van der Waals surface area contributed by atoms with Crippen molar-refractivity contribution in [2.75, 3.05) is 11.1 Å². The number of amides is 1. The zero-order valence-electron chi connectivity index (χ0n) is 10.5. The molecule has 0 radical (unpaired) electrons. The van der Waals surface area contributed by atoms with Crippen molar-refractivity contribution in [1.82, 2.24) is 0 Å². The molecule has 108 valence electrons. The number of hydrogen-bond acceptors (Lipinski definition) is 5. The molecular weight excluding hydrogens is 342 g/mol. The van der Waals surface area contributed by atoms with Crippen molar-refractivity contribution in [3.63, 3.8) is 0 Å². The highest BCUT2D eigenvalue weighted by atomic mass is 79.9. The predicted molar refractivity (Wildman–Crippen MR) is 81.3 cm³/mol. The maximum Gasteiger partial charge on any atom is 0.296 e. The fourth-order valence-electron chi connectivity index (χ4n) is 1.69. The van der Waals surface area contributed by atoms with Crippen LogP contribution in [0.2, 0.25) is 0 Å². The largest absolute Gasteiger partial charge is 0.508 e.